The van der Waals surface area contributed by atoms with Gasteiger partial charge in [-0.3, -0.25) is 0 Å². The summed E-state index contributed by atoms with van der Waals surface area (Å²) in [6.45, 7) is 5.49. The number of hydrogen-bond acceptors (Lipinski definition) is 3. The second-order valence-electron chi connectivity index (χ2n) is 7.18. The van der Waals surface area contributed by atoms with Crippen LogP contribution in [0.5, 0.6) is 0 Å². The number of aryl methyl sites for hydroxylation is 1. The van der Waals surface area contributed by atoms with Gasteiger partial charge in [-0.1, -0.05) is 19.8 Å². The molecule has 0 N–H and O–H groups in total. The molecule has 0 amide bonds. The second-order valence-corrected chi connectivity index (χ2v) is 8.26. The Morgan fingerprint density at radius 3 is 2.58 bits per heavy atom. The fourth-order valence-electron chi connectivity index (χ4n) is 3.26. The first-order valence-electron chi connectivity index (χ1n) is 9.62. The van der Waals surface area contributed by atoms with E-state index in [9.17, 15) is 0 Å². The lowest BCUT2D eigenvalue weighted by Crippen LogP contribution is -2.29. The van der Waals surface area contributed by atoms with E-state index >= 15 is 0 Å². The van der Waals surface area contributed by atoms with Crippen molar-refractivity contribution in [3.63, 3.8) is 0 Å². The van der Waals surface area contributed by atoms with E-state index in [1.165, 1.54) is 45.4 Å². The fraction of sp³-hybridized carbons (Fsp3) is 0.455. The molecule has 0 saturated carbocycles. The molecular formula is C22H30N3S+. The molecule has 0 bridgehead atoms. The molecule has 2 aliphatic rings. The third-order valence-corrected chi connectivity index (χ3v) is 6.11. The molecule has 4 heteroatoms. The molecular weight excluding hydrogens is 338 g/mol. The second kappa shape index (κ2) is 8.17. The van der Waals surface area contributed by atoms with E-state index in [0.717, 1.165) is 24.2 Å². The van der Waals surface area contributed by atoms with Gasteiger partial charge in [0.15, 0.2) is 0 Å². The van der Waals surface area contributed by atoms with E-state index in [0.29, 0.717) is 0 Å². The van der Waals surface area contributed by atoms with Crippen molar-refractivity contribution in [2.45, 2.75) is 39.5 Å². The molecule has 0 saturated heterocycles. The fourth-order valence-corrected chi connectivity index (χ4v) is 4.28. The van der Waals surface area contributed by atoms with Crippen molar-refractivity contribution in [1.29, 1.82) is 0 Å². The van der Waals surface area contributed by atoms with Gasteiger partial charge in [-0.2, -0.15) is 0 Å². The average molecular weight is 369 g/mol. The van der Waals surface area contributed by atoms with Gasteiger partial charge in [-0.15, -0.1) is 11.3 Å². The first-order valence-corrected chi connectivity index (χ1v) is 10.4. The van der Waals surface area contributed by atoms with Crippen LogP contribution in [-0.2, 0) is 6.42 Å². The predicted octanol–water partition coefficient (Wildman–Crippen LogP) is 4.62. The Bertz CT molecular complexity index is 940. The largest absolute Gasteiger partial charge is 0.378 e. The topological polar surface area (TPSA) is 19.1 Å². The number of hydrogen-bond donors (Lipinski definition) is 0. The van der Waals surface area contributed by atoms with Crippen molar-refractivity contribution in [2.75, 3.05) is 32.6 Å². The minimum absolute atomic E-state index is 1.02. The lowest BCUT2D eigenvalue weighted by atomic mass is 10.0. The van der Waals surface area contributed by atoms with E-state index in [1.54, 1.807) is 0 Å². The Hall–Kier alpha value is -1.94. The minimum atomic E-state index is 1.02. The highest BCUT2D eigenvalue weighted by Crippen LogP contribution is 2.32. The molecule has 3 rings (SSSR count). The highest BCUT2D eigenvalue weighted by Gasteiger charge is 2.14. The Morgan fingerprint density at radius 1 is 1.08 bits per heavy atom. The van der Waals surface area contributed by atoms with E-state index in [-0.39, 0.29) is 0 Å². The van der Waals surface area contributed by atoms with Crippen LogP contribution < -0.4 is 14.8 Å². The normalized spacial score (nSPS) is 12.7. The van der Waals surface area contributed by atoms with E-state index < -0.39 is 0 Å². The predicted molar refractivity (Wildman–Crippen MR) is 116 cm³/mol. The first-order chi connectivity index (χ1) is 12.5. The number of anilines is 1. The molecule has 0 unspecified atom stereocenters. The van der Waals surface area contributed by atoms with Crippen molar-refractivity contribution in [3.8, 4) is 10.6 Å². The lowest BCUT2D eigenvalue weighted by molar-refractivity contribution is 0.676. The molecule has 0 spiro atoms. The van der Waals surface area contributed by atoms with Crippen LogP contribution in [0.15, 0.2) is 30.3 Å². The van der Waals surface area contributed by atoms with Crippen LogP contribution in [-0.4, -0.2) is 32.7 Å². The van der Waals surface area contributed by atoms with Gasteiger partial charge in [0.1, 0.15) is 13.6 Å². The van der Waals surface area contributed by atoms with Gasteiger partial charge in [0.2, 0.25) is 5.36 Å². The number of unbranched alkanes of at least 4 members (excludes halogenated alkanes) is 2. The van der Waals surface area contributed by atoms with Crippen LogP contribution in [0, 0.1) is 0 Å². The standard InChI is InChI=1S/C22H30N3S/c1-6-8-9-10-16-13-19-22(15-20(16)25(5)7-2)26-21-14-17(24(3)4)11-12-18(21)23-19/h11-15H,6-10H2,1-5H3/q+1. The summed E-state index contributed by atoms with van der Waals surface area (Å²) in [7, 11) is 6.35. The first kappa shape index (κ1) is 18.8. The lowest BCUT2D eigenvalue weighted by Gasteiger charge is -2.14. The number of aromatic nitrogens is 1. The average Bonchev–Trinajstić information content (AvgIpc) is 2.64. The quantitative estimate of drug-likeness (QED) is 0.359. The summed E-state index contributed by atoms with van der Waals surface area (Å²) in [6.07, 6.45) is 4.92. The van der Waals surface area contributed by atoms with E-state index in [4.69, 9.17) is 4.98 Å². The maximum atomic E-state index is 4.97. The summed E-state index contributed by atoms with van der Waals surface area (Å²) < 4.78 is 3.60. The van der Waals surface area contributed by atoms with Crippen LogP contribution in [0.25, 0.3) is 20.8 Å². The van der Waals surface area contributed by atoms with Gasteiger partial charge < -0.3 is 4.90 Å². The number of fused-ring (bicyclic) bond motifs is 2. The van der Waals surface area contributed by atoms with Crippen LogP contribution >= 0.6 is 11.3 Å². The Labute approximate surface area is 161 Å². The van der Waals surface area contributed by atoms with Gasteiger partial charge in [0, 0.05) is 31.4 Å². The molecule has 26 heavy (non-hydrogen) atoms. The molecule has 138 valence electrons. The zero-order valence-electron chi connectivity index (χ0n) is 16.7. The molecule has 1 aromatic carbocycles. The number of rotatable bonds is 6. The van der Waals surface area contributed by atoms with Gasteiger partial charge in [-0.05, 0) is 44.0 Å². The summed E-state index contributed by atoms with van der Waals surface area (Å²) >= 11 is 1.85. The molecule has 0 radical (unpaired) electrons. The summed E-state index contributed by atoms with van der Waals surface area (Å²) in [6, 6.07) is 11.2. The van der Waals surface area contributed by atoms with Gasteiger partial charge in [0.05, 0.1) is 20.8 Å². The Kier molecular flexibility index (Phi) is 5.92. The van der Waals surface area contributed by atoms with Gasteiger partial charge in [0.25, 0.3) is 0 Å². The highest BCUT2D eigenvalue weighted by molar-refractivity contribution is 7.21. The summed E-state index contributed by atoms with van der Waals surface area (Å²) in [5.74, 6) is 0. The molecule has 0 aromatic heterocycles. The zero-order chi connectivity index (χ0) is 18.7. The Morgan fingerprint density at radius 2 is 1.88 bits per heavy atom. The molecule has 0 atom stereocenters. The Balaban J connectivity index is 2.19. The van der Waals surface area contributed by atoms with Crippen molar-refractivity contribution in [3.05, 3.63) is 41.3 Å². The molecule has 1 aliphatic heterocycles. The molecule has 1 heterocycles. The van der Waals surface area contributed by atoms with Gasteiger partial charge in [-0.25, -0.2) is 9.56 Å². The molecule has 0 fully saturated rings. The molecule has 3 nitrogen and oxygen atoms in total. The van der Waals surface area contributed by atoms with Crippen LogP contribution in [0.2, 0.25) is 0 Å². The number of benzene rings is 2. The third-order valence-electron chi connectivity index (χ3n) is 5.02. The third kappa shape index (κ3) is 3.90. The molecule has 1 aliphatic carbocycles. The van der Waals surface area contributed by atoms with E-state index in [2.05, 4.69) is 74.8 Å². The van der Waals surface area contributed by atoms with Crippen molar-refractivity contribution in [1.82, 2.24) is 9.56 Å². The maximum Gasteiger partial charge on any atom is 0.204 e. The zero-order valence-corrected chi connectivity index (χ0v) is 17.5. The van der Waals surface area contributed by atoms with Gasteiger partial charge >= 0.3 is 0 Å². The summed E-state index contributed by atoms with van der Waals surface area (Å²) in [5, 5.41) is 1.36. The number of nitrogens with zero attached hydrogens (tertiary/aromatic N) is 3. The van der Waals surface area contributed by atoms with Crippen molar-refractivity contribution >= 4 is 27.2 Å². The van der Waals surface area contributed by atoms with Crippen LogP contribution in [0.1, 0.15) is 38.7 Å². The van der Waals surface area contributed by atoms with Crippen molar-refractivity contribution in [2.24, 2.45) is 0 Å². The molecule has 1 aromatic rings. The van der Waals surface area contributed by atoms with Crippen LogP contribution in [0.4, 0.5) is 5.69 Å². The SMILES string of the molecule is CCCCCc1cc2nc3ccc(N(C)C)cc3sc-2c/c1=[N+](/C)CC. The van der Waals surface area contributed by atoms with Crippen LogP contribution in [0.3, 0.4) is 0 Å². The summed E-state index contributed by atoms with van der Waals surface area (Å²) in [4.78, 5) is 8.38. The highest BCUT2D eigenvalue weighted by atomic mass is 32.1. The monoisotopic (exact) mass is 368 g/mol. The maximum absolute atomic E-state index is 4.97. The van der Waals surface area contributed by atoms with Crippen molar-refractivity contribution < 1.29 is 0 Å². The smallest absolute Gasteiger partial charge is 0.204 e. The van der Waals surface area contributed by atoms with E-state index in [1.807, 2.05) is 11.3 Å². The minimum Gasteiger partial charge on any atom is -0.378 e. The summed E-state index contributed by atoms with van der Waals surface area (Å²) in [5.41, 5.74) is 4.86.